The summed E-state index contributed by atoms with van der Waals surface area (Å²) >= 11 is 0. The van der Waals surface area contributed by atoms with Crippen LogP contribution < -0.4 is 9.57 Å². The quantitative estimate of drug-likeness (QED) is 0.552. The summed E-state index contributed by atoms with van der Waals surface area (Å²) in [6, 6.07) is 12.2. The van der Waals surface area contributed by atoms with Gasteiger partial charge in [0.15, 0.2) is 0 Å². The summed E-state index contributed by atoms with van der Waals surface area (Å²) in [5, 5.41) is 4.79. The van der Waals surface area contributed by atoms with Gasteiger partial charge >= 0.3 is 0 Å². The Morgan fingerprint density at radius 1 is 1.17 bits per heavy atom. The zero-order valence-electron chi connectivity index (χ0n) is 13.3. The van der Waals surface area contributed by atoms with E-state index in [1.807, 2.05) is 25.1 Å². The van der Waals surface area contributed by atoms with Crippen molar-refractivity contribution in [1.82, 2.24) is 9.82 Å². The molecule has 0 saturated carbocycles. The van der Waals surface area contributed by atoms with Crippen molar-refractivity contribution in [1.29, 1.82) is 0 Å². The molecule has 0 aliphatic rings. The topological polar surface area (TPSA) is 83.5 Å². The van der Waals surface area contributed by atoms with E-state index in [0.717, 1.165) is 27.8 Å². The lowest BCUT2D eigenvalue weighted by Gasteiger charge is -2.03. The number of hydrogen-bond acceptors (Lipinski definition) is 4. The number of hydrazone groups is 1. The minimum atomic E-state index is -3.67. The molecule has 0 atom stereocenters. The molecule has 1 heterocycles. The molecule has 0 amide bonds. The second-order valence-electron chi connectivity index (χ2n) is 5.32. The lowest BCUT2D eigenvalue weighted by Crippen LogP contribution is -2.18. The predicted molar refractivity (Wildman–Crippen MR) is 93.9 cm³/mol. The number of methoxy groups -OCH3 is 1. The maximum Gasteiger partial charge on any atom is 0.276 e. The third-order valence-corrected chi connectivity index (χ3v) is 4.87. The van der Waals surface area contributed by atoms with Gasteiger partial charge in [-0.25, -0.2) is 4.83 Å². The van der Waals surface area contributed by atoms with E-state index in [1.165, 1.54) is 6.21 Å². The van der Waals surface area contributed by atoms with Gasteiger partial charge in [-0.2, -0.15) is 13.5 Å². The first-order valence-electron chi connectivity index (χ1n) is 7.26. The Balaban J connectivity index is 1.80. The van der Waals surface area contributed by atoms with E-state index >= 15 is 0 Å². The summed E-state index contributed by atoms with van der Waals surface area (Å²) in [5.41, 5.74) is 2.66. The standard InChI is InChI=1S/C17H17N3O3S/c1-12-3-6-15(7-4-12)24(21,22)20-19-11-13-10-18-17-9-14(23-2)5-8-16(13)17/h3-11,18,20H,1-2H3. The van der Waals surface area contributed by atoms with E-state index in [-0.39, 0.29) is 4.90 Å². The Morgan fingerprint density at radius 3 is 2.62 bits per heavy atom. The number of hydrogen-bond donors (Lipinski definition) is 2. The number of benzene rings is 2. The highest BCUT2D eigenvalue weighted by Crippen LogP contribution is 2.22. The molecule has 0 bridgehead atoms. The van der Waals surface area contributed by atoms with Crippen molar-refractivity contribution in [3.05, 3.63) is 59.8 Å². The summed E-state index contributed by atoms with van der Waals surface area (Å²) in [4.78, 5) is 5.50. The fourth-order valence-electron chi connectivity index (χ4n) is 2.30. The number of H-pyrrole nitrogens is 1. The van der Waals surface area contributed by atoms with E-state index in [1.54, 1.807) is 37.6 Å². The molecular formula is C17H17N3O3S. The molecule has 0 aliphatic carbocycles. The van der Waals surface area contributed by atoms with Gasteiger partial charge in [0.25, 0.3) is 10.0 Å². The molecule has 24 heavy (non-hydrogen) atoms. The summed E-state index contributed by atoms with van der Waals surface area (Å²) in [6.07, 6.45) is 3.23. The first-order chi connectivity index (χ1) is 11.5. The molecule has 3 rings (SSSR count). The molecule has 0 unspecified atom stereocenters. The number of sulfonamides is 1. The van der Waals surface area contributed by atoms with Crippen LogP contribution in [0.3, 0.4) is 0 Å². The Morgan fingerprint density at radius 2 is 1.92 bits per heavy atom. The van der Waals surface area contributed by atoms with Crippen molar-refractivity contribution in [2.45, 2.75) is 11.8 Å². The van der Waals surface area contributed by atoms with Gasteiger partial charge in [0.05, 0.1) is 18.2 Å². The van der Waals surface area contributed by atoms with Gasteiger partial charge in [-0.1, -0.05) is 17.7 Å². The second-order valence-corrected chi connectivity index (χ2v) is 6.98. The van der Waals surface area contributed by atoms with Crippen molar-refractivity contribution in [3.63, 3.8) is 0 Å². The lowest BCUT2D eigenvalue weighted by molar-refractivity contribution is 0.415. The van der Waals surface area contributed by atoms with Crippen molar-refractivity contribution < 1.29 is 13.2 Å². The number of rotatable bonds is 5. The van der Waals surface area contributed by atoms with Crippen LogP contribution in [0.25, 0.3) is 10.9 Å². The van der Waals surface area contributed by atoms with Crippen LogP contribution in [0.5, 0.6) is 5.75 Å². The molecule has 124 valence electrons. The average molecular weight is 343 g/mol. The Labute approximate surface area is 140 Å². The van der Waals surface area contributed by atoms with Gasteiger partial charge in [0, 0.05) is 28.7 Å². The number of aromatic nitrogens is 1. The first kappa shape index (κ1) is 16.1. The fourth-order valence-corrected chi connectivity index (χ4v) is 3.09. The maximum absolute atomic E-state index is 12.2. The number of nitrogens with one attached hydrogen (secondary N) is 2. The van der Waals surface area contributed by atoms with Crippen LogP contribution in [-0.4, -0.2) is 26.7 Å². The van der Waals surface area contributed by atoms with Crippen LogP contribution in [0.15, 0.2) is 58.7 Å². The molecule has 0 aliphatic heterocycles. The van der Waals surface area contributed by atoms with Gasteiger partial charge in [0.1, 0.15) is 5.75 Å². The lowest BCUT2D eigenvalue weighted by atomic mass is 10.2. The summed E-state index contributed by atoms with van der Waals surface area (Å²) in [5.74, 6) is 0.743. The Bertz CT molecular complexity index is 990. The number of nitrogens with zero attached hydrogens (tertiary/aromatic N) is 1. The van der Waals surface area contributed by atoms with Crippen LogP contribution in [0.2, 0.25) is 0 Å². The summed E-state index contributed by atoms with van der Waals surface area (Å²) < 4.78 is 29.5. The molecule has 0 saturated heterocycles. The normalized spacial score (nSPS) is 11.9. The summed E-state index contributed by atoms with van der Waals surface area (Å²) in [6.45, 7) is 1.90. The number of aryl methyl sites for hydroxylation is 1. The van der Waals surface area contributed by atoms with E-state index in [4.69, 9.17) is 4.74 Å². The van der Waals surface area contributed by atoms with Gasteiger partial charge in [-0.05, 0) is 31.2 Å². The second kappa shape index (κ2) is 6.37. The molecule has 2 aromatic carbocycles. The third-order valence-electron chi connectivity index (χ3n) is 3.63. The van der Waals surface area contributed by atoms with Crippen molar-refractivity contribution >= 4 is 27.1 Å². The maximum atomic E-state index is 12.2. The minimum Gasteiger partial charge on any atom is -0.497 e. The van der Waals surface area contributed by atoms with Gasteiger partial charge in [0.2, 0.25) is 0 Å². The SMILES string of the molecule is COc1ccc2c(C=NNS(=O)(=O)c3ccc(C)cc3)c[nH]c2c1. The number of aromatic amines is 1. The Kier molecular flexibility index (Phi) is 4.26. The highest BCUT2D eigenvalue weighted by Gasteiger charge is 2.12. The zero-order chi connectivity index (χ0) is 17.2. The largest absolute Gasteiger partial charge is 0.497 e. The van der Waals surface area contributed by atoms with E-state index in [9.17, 15) is 8.42 Å². The minimum absolute atomic E-state index is 0.175. The van der Waals surface area contributed by atoms with Crippen LogP contribution in [0.4, 0.5) is 0 Å². The van der Waals surface area contributed by atoms with E-state index < -0.39 is 10.0 Å². The van der Waals surface area contributed by atoms with Crippen LogP contribution >= 0.6 is 0 Å². The molecular weight excluding hydrogens is 326 g/mol. The van der Waals surface area contributed by atoms with Crippen molar-refractivity contribution in [2.24, 2.45) is 5.10 Å². The highest BCUT2D eigenvalue weighted by molar-refractivity contribution is 7.89. The third kappa shape index (κ3) is 3.26. The molecule has 3 aromatic rings. The Hall–Kier alpha value is -2.80. The zero-order valence-corrected chi connectivity index (χ0v) is 14.1. The average Bonchev–Trinajstić information content (AvgIpc) is 2.97. The smallest absolute Gasteiger partial charge is 0.276 e. The molecule has 0 spiro atoms. The van der Waals surface area contributed by atoms with E-state index in [2.05, 4.69) is 14.9 Å². The molecule has 7 heteroatoms. The molecule has 0 fully saturated rings. The van der Waals surface area contributed by atoms with Crippen LogP contribution in [-0.2, 0) is 10.0 Å². The summed E-state index contributed by atoms with van der Waals surface area (Å²) in [7, 11) is -2.07. The fraction of sp³-hybridized carbons (Fsp3) is 0.118. The monoisotopic (exact) mass is 343 g/mol. The molecule has 0 radical (unpaired) electrons. The van der Waals surface area contributed by atoms with Crippen LogP contribution in [0.1, 0.15) is 11.1 Å². The number of fused-ring (bicyclic) bond motifs is 1. The number of ether oxygens (including phenoxy) is 1. The van der Waals surface area contributed by atoms with Crippen molar-refractivity contribution in [2.75, 3.05) is 7.11 Å². The van der Waals surface area contributed by atoms with Gasteiger partial charge < -0.3 is 9.72 Å². The first-order valence-corrected chi connectivity index (χ1v) is 8.74. The van der Waals surface area contributed by atoms with E-state index in [0.29, 0.717) is 0 Å². The van der Waals surface area contributed by atoms with Crippen molar-refractivity contribution in [3.8, 4) is 5.75 Å². The molecule has 6 nitrogen and oxygen atoms in total. The molecule has 1 aromatic heterocycles. The molecule has 2 N–H and O–H groups in total. The highest BCUT2D eigenvalue weighted by atomic mass is 32.2. The predicted octanol–water partition coefficient (Wildman–Crippen LogP) is 2.80. The van der Waals surface area contributed by atoms with Gasteiger partial charge in [-0.15, -0.1) is 0 Å². The van der Waals surface area contributed by atoms with Gasteiger partial charge in [-0.3, -0.25) is 0 Å². The van der Waals surface area contributed by atoms with Crippen LogP contribution in [0, 0.1) is 6.92 Å².